The molecule has 2 aromatic rings. The molecule has 0 saturated heterocycles. The Morgan fingerprint density at radius 3 is 2.65 bits per heavy atom. The summed E-state index contributed by atoms with van der Waals surface area (Å²) in [6.07, 6.45) is 1.62. The molecule has 0 aliphatic carbocycles. The molecular formula is C17H16BrFO. The minimum atomic E-state index is -0.305. The van der Waals surface area contributed by atoms with Gasteiger partial charge in [-0.15, -0.1) is 0 Å². The van der Waals surface area contributed by atoms with E-state index in [1.807, 2.05) is 25.1 Å². The number of halogens is 2. The predicted molar refractivity (Wildman–Crippen MR) is 82.3 cm³/mol. The highest BCUT2D eigenvalue weighted by molar-refractivity contribution is 9.10. The van der Waals surface area contributed by atoms with Gasteiger partial charge in [-0.25, -0.2) is 4.39 Å². The zero-order valence-electron chi connectivity index (χ0n) is 11.3. The van der Waals surface area contributed by atoms with Gasteiger partial charge >= 0.3 is 0 Å². The van der Waals surface area contributed by atoms with Crippen LogP contribution in [0.25, 0.3) is 0 Å². The van der Waals surface area contributed by atoms with E-state index in [2.05, 4.69) is 22.0 Å². The summed E-state index contributed by atoms with van der Waals surface area (Å²) in [7, 11) is 0. The van der Waals surface area contributed by atoms with E-state index in [0.29, 0.717) is 17.3 Å². The van der Waals surface area contributed by atoms with Crippen molar-refractivity contribution in [2.24, 2.45) is 0 Å². The van der Waals surface area contributed by atoms with Crippen LogP contribution in [0.2, 0.25) is 0 Å². The molecule has 0 spiro atoms. The molecule has 2 rings (SSSR count). The largest absolute Gasteiger partial charge is 0.299 e. The van der Waals surface area contributed by atoms with Crippen LogP contribution >= 0.6 is 15.9 Å². The van der Waals surface area contributed by atoms with E-state index in [0.717, 1.165) is 12.0 Å². The van der Waals surface area contributed by atoms with Crippen LogP contribution in [-0.2, 0) is 17.6 Å². The zero-order chi connectivity index (χ0) is 14.5. The second-order valence-corrected chi connectivity index (χ2v) is 5.81. The molecular weight excluding hydrogens is 319 g/mol. The minimum Gasteiger partial charge on any atom is -0.299 e. The Morgan fingerprint density at radius 1 is 1.15 bits per heavy atom. The van der Waals surface area contributed by atoms with Gasteiger partial charge in [0.1, 0.15) is 11.6 Å². The van der Waals surface area contributed by atoms with Gasteiger partial charge in [-0.05, 0) is 52.5 Å². The Bertz CT molecular complexity index is 622. The molecule has 0 fully saturated rings. The Hall–Kier alpha value is -1.48. The van der Waals surface area contributed by atoms with E-state index >= 15 is 0 Å². The standard InChI is InChI=1S/C17H16BrFO/c1-12-3-2-4-13(9-12)5-7-15(20)10-14-6-8-17(19)16(18)11-14/h2-4,6,8-9,11H,5,7,10H2,1H3. The molecule has 0 aliphatic heterocycles. The lowest BCUT2D eigenvalue weighted by atomic mass is 10.0. The lowest BCUT2D eigenvalue weighted by Gasteiger charge is -2.04. The lowest BCUT2D eigenvalue weighted by Crippen LogP contribution is -2.04. The predicted octanol–water partition coefficient (Wildman–Crippen LogP) is 4.64. The third-order valence-corrected chi connectivity index (χ3v) is 3.77. The van der Waals surface area contributed by atoms with Crippen molar-refractivity contribution in [3.8, 4) is 0 Å². The van der Waals surface area contributed by atoms with Crippen LogP contribution in [0.5, 0.6) is 0 Å². The Kier molecular flexibility index (Phi) is 5.07. The van der Waals surface area contributed by atoms with E-state index in [1.54, 1.807) is 12.1 Å². The number of hydrogen-bond donors (Lipinski definition) is 0. The maximum absolute atomic E-state index is 13.1. The fourth-order valence-corrected chi connectivity index (χ4v) is 2.54. The molecule has 0 radical (unpaired) electrons. The number of rotatable bonds is 5. The number of benzene rings is 2. The average molecular weight is 335 g/mol. The van der Waals surface area contributed by atoms with Gasteiger partial charge in [0.15, 0.2) is 0 Å². The van der Waals surface area contributed by atoms with Crippen molar-refractivity contribution >= 4 is 21.7 Å². The van der Waals surface area contributed by atoms with Crippen LogP contribution in [0.3, 0.4) is 0 Å². The Balaban J connectivity index is 1.91. The summed E-state index contributed by atoms with van der Waals surface area (Å²) in [6.45, 7) is 2.04. The normalized spacial score (nSPS) is 10.6. The van der Waals surface area contributed by atoms with E-state index in [-0.39, 0.29) is 11.6 Å². The van der Waals surface area contributed by atoms with Crippen molar-refractivity contribution in [1.82, 2.24) is 0 Å². The Labute approximate surface area is 127 Å². The molecule has 0 bridgehead atoms. The molecule has 0 unspecified atom stereocenters. The molecule has 0 atom stereocenters. The molecule has 0 amide bonds. The van der Waals surface area contributed by atoms with Crippen molar-refractivity contribution in [2.45, 2.75) is 26.2 Å². The van der Waals surface area contributed by atoms with Crippen molar-refractivity contribution in [1.29, 1.82) is 0 Å². The first-order valence-corrected chi connectivity index (χ1v) is 7.35. The summed E-state index contributed by atoms with van der Waals surface area (Å²) in [5, 5.41) is 0. The topological polar surface area (TPSA) is 17.1 Å². The third kappa shape index (κ3) is 4.27. The SMILES string of the molecule is Cc1cccc(CCC(=O)Cc2ccc(F)c(Br)c2)c1. The monoisotopic (exact) mass is 334 g/mol. The average Bonchev–Trinajstić information content (AvgIpc) is 2.41. The molecule has 3 heteroatoms. The third-order valence-electron chi connectivity index (χ3n) is 3.16. The van der Waals surface area contributed by atoms with Crippen LogP contribution < -0.4 is 0 Å². The highest BCUT2D eigenvalue weighted by Crippen LogP contribution is 2.18. The molecule has 0 heterocycles. The van der Waals surface area contributed by atoms with Crippen molar-refractivity contribution < 1.29 is 9.18 Å². The van der Waals surface area contributed by atoms with E-state index < -0.39 is 0 Å². The highest BCUT2D eigenvalue weighted by Gasteiger charge is 2.07. The zero-order valence-corrected chi connectivity index (χ0v) is 12.9. The molecule has 0 aliphatic rings. The number of ketones is 1. The van der Waals surface area contributed by atoms with Gasteiger partial charge in [0.25, 0.3) is 0 Å². The van der Waals surface area contributed by atoms with Crippen LogP contribution in [-0.4, -0.2) is 5.78 Å². The van der Waals surface area contributed by atoms with Crippen LogP contribution in [0.15, 0.2) is 46.9 Å². The molecule has 2 aromatic carbocycles. The van der Waals surface area contributed by atoms with E-state index in [1.165, 1.54) is 17.2 Å². The molecule has 0 aromatic heterocycles. The summed E-state index contributed by atoms with van der Waals surface area (Å²) >= 11 is 3.13. The van der Waals surface area contributed by atoms with Crippen LogP contribution in [0, 0.1) is 12.7 Å². The molecule has 0 N–H and O–H groups in total. The Morgan fingerprint density at radius 2 is 1.95 bits per heavy atom. The molecule has 104 valence electrons. The summed E-state index contributed by atoms with van der Waals surface area (Å²) < 4.78 is 13.5. The summed E-state index contributed by atoms with van der Waals surface area (Å²) in [5.74, 6) is -0.133. The van der Waals surface area contributed by atoms with Gasteiger partial charge in [-0.3, -0.25) is 4.79 Å². The van der Waals surface area contributed by atoms with Gasteiger partial charge < -0.3 is 0 Å². The fraction of sp³-hybridized carbons (Fsp3) is 0.235. The summed E-state index contributed by atoms with van der Waals surface area (Å²) in [6, 6.07) is 12.9. The minimum absolute atomic E-state index is 0.171. The van der Waals surface area contributed by atoms with E-state index in [9.17, 15) is 9.18 Å². The van der Waals surface area contributed by atoms with Crippen LogP contribution in [0.1, 0.15) is 23.1 Å². The first-order valence-electron chi connectivity index (χ1n) is 6.56. The maximum atomic E-state index is 13.1. The van der Waals surface area contributed by atoms with E-state index in [4.69, 9.17) is 0 Å². The second-order valence-electron chi connectivity index (χ2n) is 4.95. The highest BCUT2D eigenvalue weighted by atomic mass is 79.9. The number of Topliss-reactive ketones (excluding diaryl/α,β-unsaturated/α-hetero) is 1. The maximum Gasteiger partial charge on any atom is 0.137 e. The smallest absolute Gasteiger partial charge is 0.137 e. The van der Waals surface area contributed by atoms with Gasteiger partial charge in [0.2, 0.25) is 0 Å². The van der Waals surface area contributed by atoms with Gasteiger partial charge in [0.05, 0.1) is 4.47 Å². The molecule has 20 heavy (non-hydrogen) atoms. The van der Waals surface area contributed by atoms with Gasteiger partial charge in [-0.1, -0.05) is 35.9 Å². The first-order chi connectivity index (χ1) is 9.54. The number of carbonyl (C=O) groups is 1. The lowest BCUT2D eigenvalue weighted by molar-refractivity contribution is -0.118. The number of hydrogen-bond acceptors (Lipinski definition) is 1. The first kappa shape index (κ1) is 14.9. The second kappa shape index (κ2) is 6.80. The van der Waals surface area contributed by atoms with Crippen LogP contribution in [0.4, 0.5) is 4.39 Å². The summed E-state index contributed by atoms with van der Waals surface area (Å²) in [4.78, 5) is 12.0. The van der Waals surface area contributed by atoms with Gasteiger partial charge in [0, 0.05) is 12.8 Å². The quantitative estimate of drug-likeness (QED) is 0.778. The fourth-order valence-electron chi connectivity index (χ4n) is 2.12. The number of carbonyl (C=O) groups excluding carboxylic acids is 1. The molecule has 1 nitrogen and oxygen atoms in total. The van der Waals surface area contributed by atoms with Crippen molar-refractivity contribution in [2.75, 3.05) is 0 Å². The number of aryl methyl sites for hydroxylation is 2. The van der Waals surface area contributed by atoms with Crippen molar-refractivity contribution in [3.05, 3.63) is 69.4 Å². The van der Waals surface area contributed by atoms with Gasteiger partial charge in [-0.2, -0.15) is 0 Å². The summed E-state index contributed by atoms with van der Waals surface area (Å²) in [5.41, 5.74) is 3.23. The molecule has 0 saturated carbocycles. The van der Waals surface area contributed by atoms with Crippen molar-refractivity contribution in [3.63, 3.8) is 0 Å².